The number of carbonyl (C=O) groups is 1. The molecule has 0 aliphatic carbocycles. The van der Waals surface area contributed by atoms with Crippen LogP contribution >= 0.6 is 0 Å². The van der Waals surface area contributed by atoms with Crippen molar-refractivity contribution >= 4 is 5.91 Å². The molecule has 3 aromatic rings. The summed E-state index contributed by atoms with van der Waals surface area (Å²) in [5.74, 6) is 1.13. The number of amides is 1. The third kappa shape index (κ3) is 4.08. The highest BCUT2D eigenvalue weighted by atomic mass is 16.5. The van der Waals surface area contributed by atoms with Gasteiger partial charge in [0.2, 0.25) is 0 Å². The van der Waals surface area contributed by atoms with Gasteiger partial charge in [0, 0.05) is 24.7 Å². The van der Waals surface area contributed by atoms with Crippen molar-refractivity contribution in [1.29, 1.82) is 0 Å². The van der Waals surface area contributed by atoms with Gasteiger partial charge in [0.15, 0.2) is 5.82 Å². The number of hydrogen-bond donors (Lipinski definition) is 1. The average Bonchev–Trinajstić information content (AvgIpc) is 2.97. The summed E-state index contributed by atoms with van der Waals surface area (Å²) >= 11 is 0. The minimum Gasteiger partial charge on any atom is -0.497 e. The van der Waals surface area contributed by atoms with E-state index in [9.17, 15) is 9.59 Å². The molecule has 7 nitrogen and oxygen atoms in total. The van der Waals surface area contributed by atoms with Crippen LogP contribution in [-0.2, 0) is 13.6 Å². The number of ether oxygens (including phenoxy) is 1. The lowest BCUT2D eigenvalue weighted by Gasteiger charge is -2.05. The standard InChI is InChI=1S/C20H22N4O3/c1-14-4-6-16(7-5-14)19(25)21-12-13-24-20(26)23(2)18(22-24)15-8-10-17(27-3)11-9-15/h4-11H,12-13H2,1-3H3,(H,21,25). The summed E-state index contributed by atoms with van der Waals surface area (Å²) in [6.45, 7) is 2.57. The molecule has 3 rings (SSSR count). The third-order valence-corrected chi connectivity index (χ3v) is 4.31. The number of aromatic nitrogens is 3. The van der Waals surface area contributed by atoms with Crippen molar-refractivity contribution in [2.75, 3.05) is 13.7 Å². The molecule has 0 aliphatic rings. The Morgan fingerprint density at radius 3 is 2.41 bits per heavy atom. The Morgan fingerprint density at radius 1 is 1.11 bits per heavy atom. The summed E-state index contributed by atoms with van der Waals surface area (Å²) in [6, 6.07) is 14.7. The van der Waals surface area contributed by atoms with Crippen LogP contribution in [0.3, 0.4) is 0 Å². The van der Waals surface area contributed by atoms with Crippen LogP contribution in [0, 0.1) is 6.92 Å². The lowest BCUT2D eigenvalue weighted by molar-refractivity contribution is 0.0952. The second kappa shape index (κ2) is 7.90. The highest BCUT2D eigenvalue weighted by molar-refractivity contribution is 5.94. The number of benzene rings is 2. The van der Waals surface area contributed by atoms with Crippen molar-refractivity contribution in [3.63, 3.8) is 0 Å². The highest BCUT2D eigenvalue weighted by Gasteiger charge is 2.12. The SMILES string of the molecule is COc1ccc(-c2nn(CCNC(=O)c3ccc(C)cc3)c(=O)n2C)cc1. The fourth-order valence-electron chi connectivity index (χ4n) is 2.71. The van der Waals surface area contributed by atoms with E-state index in [1.54, 1.807) is 26.3 Å². The molecule has 0 spiro atoms. The Hall–Kier alpha value is -3.35. The first-order valence-electron chi connectivity index (χ1n) is 8.62. The summed E-state index contributed by atoms with van der Waals surface area (Å²) < 4.78 is 7.99. The van der Waals surface area contributed by atoms with Gasteiger partial charge in [-0.25, -0.2) is 9.48 Å². The normalized spacial score (nSPS) is 10.6. The van der Waals surface area contributed by atoms with Crippen LogP contribution in [0.1, 0.15) is 15.9 Å². The van der Waals surface area contributed by atoms with E-state index in [0.29, 0.717) is 24.5 Å². The Morgan fingerprint density at radius 2 is 1.78 bits per heavy atom. The molecule has 1 N–H and O–H groups in total. The van der Waals surface area contributed by atoms with Gasteiger partial charge in [-0.15, -0.1) is 5.10 Å². The molecule has 0 radical (unpaired) electrons. The quantitative estimate of drug-likeness (QED) is 0.724. The molecular formula is C20H22N4O3. The molecule has 7 heteroatoms. The fourth-order valence-corrected chi connectivity index (χ4v) is 2.71. The van der Waals surface area contributed by atoms with E-state index in [0.717, 1.165) is 16.9 Å². The van der Waals surface area contributed by atoms with Crippen molar-refractivity contribution in [3.8, 4) is 17.1 Å². The van der Waals surface area contributed by atoms with E-state index in [-0.39, 0.29) is 11.6 Å². The van der Waals surface area contributed by atoms with Crippen molar-refractivity contribution in [1.82, 2.24) is 19.7 Å². The zero-order valence-corrected chi connectivity index (χ0v) is 15.6. The fraction of sp³-hybridized carbons (Fsp3) is 0.250. The van der Waals surface area contributed by atoms with Crippen LogP contribution in [0.25, 0.3) is 11.4 Å². The number of carbonyl (C=O) groups excluding carboxylic acids is 1. The summed E-state index contributed by atoms with van der Waals surface area (Å²) in [5.41, 5.74) is 2.27. The minimum atomic E-state index is -0.231. The van der Waals surface area contributed by atoms with Crippen LogP contribution in [0.15, 0.2) is 53.3 Å². The molecule has 2 aromatic carbocycles. The number of hydrogen-bond acceptors (Lipinski definition) is 4. The zero-order valence-electron chi connectivity index (χ0n) is 15.6. The van der Waals surface area contributed by atoms with Gasteiger partial charge in [-0.2, -0.15) is 0 Å². The summed E-state index contributed by atoms with van der Waals surface area (Å²) in [6.07, 6.45) is 0. The number of methoxy groups -OCH3 is 1. The molecule has 1 heterocycles. The van der Waals surface area contributed by atoms with Crippen LogP contribution in [0.4, 0.5) is 0 Å². The third-order valence-electron chi connectivity index (χ3n) is 4.31. The molecule has 140 valence electrons. The Labute approximate surface area is 157 Å². The Bertz CT molecular complexity index is 986. The van der Waals surface area contributed by atoms with E-state index in [2.05, 4.69) is 10.4 Å². The number of aryl methyl sites for hydroxylation is 1. The van der Waals surface area contributed by atoms with Crippen LogP contribution in [0.5, 0.6) is 5.75 Å². The summed E-state index contributed by atoms with van der Waals surface area (Å²) in [5, 5.41) is 7.20. The number of rotatable bonds is 6. The molecule has 27 heavy (non-hydrogen) atoms. The van der Waals surface area contributed by atoms with E-state index in [4.69, 9.17) is 4.74 Å². The van der Waals surface area contributed by atoms with Gasteiger partial charge in [-0.1, -0.05) is 17.7 Å². The van der Waals surface area contributed by atoms with E-state index >= 15 is 0 Å². The first-order chi connectivity index (χ1) is 13.0. The van der Waals surface area contributed by atoms with Crippen molar-refractivity contribution < 1.29 is 9.53 Å². The van der Waals surface area contributed by atoms with Gasteiger partial charge in [0.25, 0.3) is 5.91 Å². The van der Waals surface area contributed by atoms with Crippen LogP contribution in [0.2, 0.25) is 0 Å². The predicted molar refractivity (Wildman–Crippen MR) is 103 cm³/mol. The molecule has 0 fully saturated rings. The molecule has 1 amide bonds. The molecule has 0 bridgehead atoms. The maximum Gasteiger partial charge on any atom is 0.345 e. The zero-order chi connectivity index (χ0) is 19.4. The van der Waals surface area contributed by atoms with Crippen molar-refractivity contribution in [3.05, 3.63) is 70.1 Å². The molecule has 0 saturated carbocycles. The average molecular weight is 366 g/mol. The highest BCUT2D eigenvalue weighted by Crippen LogP contribution is 2.19. The van der Waals surface area contributed by atoms with Gasteiger partial charge in [0.1, 0.15) is 5.75 Å². The molecule has 0 atom stereocenters. The first kappa shape index (κ1) is 18.4. The monoisotopic (exact) mass is 366 g/mol. The van der Waals surface area contributed by atoms with E-state index in [1.807, 2.05) is 43.3 Å². The lowest BCUT2D eigenvalue weighted by atomic mass is 10.1. The molecule has 1 aromatic heterocycles. The second-order valence-corrected chi connectivity index (χ2v) is 6.24. The van der Waals surface area contributed by atoms with E-state index in [1.165, 1.54) is 9.25 Å². The molecular weight excluding hydrogens is 344 g/mol. The van der Waals surface area contributed by atoms with Crippen LogP contribution < -0.4 is 15.7 Å². The van der Waals surface area contributed by atoms with Crippen LogP contribution in [-0.4, -0.2) is 33.9 Å². The smallest absolute Gasteiger partial charge is 0.345 e. The number of nitrogens with zero attached hydrogens (tertiary/aromatic N) is 3. The Balaban J connectivity index is 1.68. The molecule has 0 unspecified atom stereocenters. The summed E-state index contributed by atoms with van der Waals surface area (Å²) in [7, 11) is 3.28. The van der Waals surface area contributed by atoms with Crippen molar-refractivity contribution in [2.45, 2.75) is 13.5 Å². The van der Waals surface area contributed by atoms with Gasteiger partial charge in [-0.05, 0) is 43.3 Å². The van der Waals surface area contributed by atoms with Gasteiger partial charge >= 0.3 is 5.69 Å². The molecule has 0 aliphatic heterocycles. The summed E-state index contributed by atoms with van der Waals surface area (Å²) in [4.78, 5) is 24.5. The maximum absolute atomic E-state index is 12.4. The van der Waals surface area contributed by atoms with Gasteiger partial charge in [0.05, 0.1) is 13.7 Å². The predicted octanol–water partition coefficient (Wildman–Crippen LogP) is 2.00. The second-order valence-electron chi connectivity index (χ2n) is 6.24. The lowest BCUT2D eigenvalue weighted by Crippen LogP contribution is -2.31. The molecule has 0 saturated heterocycles. The first-order valence-corrected chi connectivity index (χ1v) is 8.62. The topological polar surface area (TPSA) is 78.2 Å². The van der Waals surface area contributed by atoms with Gasteiger partial charge in [-0.3, -0.25) is 9.36 Å². The van der Waals surface area contributed by atoms with Gasteiger partial charge < -0.3 is 10.1 Å². The number of nitrogens with one attached hydrogen (secondary N) is 1. The van der Waals surface area contributed by atoms with Crippen molar-refractivity contribution in [2.24, 2.45) is 7.05 Å². The van der Waals surface area contributed by atoms with E-state index < -0.39 is 0 Å². The Kier molecular flexibility index (Phi) is 5.40. The maximum atomic E-state index is 12.4. The minimum absolute atomic E-state index is 0.172. The largest absolute Gasteiger partial charge is 0.497 e.